The molecule has 2 rings (SSSR count). The molecule has 1 aliphatic rings. The van der Waals surface area contributed by atoms with Crippen LogP contribution in [0.15, 0.2) is 0 Å². The zero-order valence-corrected chi connectivity index (χ0v) is 9.08. The third-order valence-corrected chi connectivity index (χ3v) is 3.06. The largest absolute Gasteiger partial charge is 0.237 e. The lowest BCUT2D eigenvalue weighted by Crippen LogP contribution is -1.99. The minimum atomic E-state index is 0.673. The van der Waals surface area contributed by atoms with Crippen molar-refractivity contribution >= 4 is 23.4 Å². The number of fused-ring (bicyclic) bond motifs is 1. The van der Waals surface area contributed by atoms with E-state index in [9.17, 15) is 0 Å². The highest BCUT2D eigenvalue weighted by atomic mass is 35.5. The van der Waals surface area contributed by atoms with Crippen LogP contribution in [-0.2, 0) is 18.6 Å². The molecule has 70 valence electrons. The Bertz CT molecular complexity index is 328. The van der Waals surface area contributed by atoms with Gasteiger partial charge in [0, 0.05) is 11.3 Å². The predicted octanol–water partition coefficient (Wildman–Crippen LogP) is 2.48. The molecule has 1 aromatic heterocycles. The summed E-state index contributed by atoms with van der Waals surface area (Å²) in [5.41, 5.74) is 2.34. The third kappa shape index (κ3) is 1.81. The summed E-state index contributed by atoms with van der Waals surface area (Å²) in [5.74, 6) is 1.73. The predicted molar refractivity (Wildman–Crippen MR) is 56.3 cm³/mol. The van der Waals surface area contributed by atoms with Gasteiger partial charge in [-0.05, 0) is 25.5 Å². The normalized spacial score (nSPS) is 14.6. The molecule has 0 atom stereocenters. The number of nitrogens with zero attached hydrogens (tertiary/aromatic N) is 2. The van der Waals surface area contributed by atoms with Crippen LogP contribution in [0.4, 0.5) is 0 Å². The standard InChI is InChI=1S/C9H11ClN2S/c1-13-5-8-11-7-4-2-3-6(7)9(10)12-8/h2-5H2,1H3. The van der Waals surface area contributed by atoms with Gasteiger partial charge in [0.15, 0.2) is 0 Å². The van der Waals surface area contributed by atoms with Crippen molar-refractivity contribution in [1.82, 2.24) is 9.97 Å². The van der Waals surface area contributed by atoms with E-state index < -0.39 is 0 Å². The van der Waals surface area contributed by atoms with Gasteiger partial charge in [-0.25, -0.2) is 9.97 Å². The lowest BCUT2D eigenvalue weighted by Gasteiger charge is -2.03. The molecule has 2 nitrogen and oxygen atoms in total. The Hall–Kier alpha value is -0.280. The maximum Gasteiger partial charge on any atom is 0.140 e. The van der Waals surface area contributed by atoms with E-state index in [2.05, 4.69) is 9.97 Å². The summed E-state index contributed by atoms with van der Waals surface area (Å²) in [6, 6.07) is 0. The van der Waals surface area contributed by atoms with E-state index in [0.29, 0.717) is 5.15 Å². The van der Waals surface area contributed by atoms with Gasteiger partial charge >= 0.3 is 0 Å². The molecule has 1 aliphatic carbocycles. The number of hydrogen-bond acceptors (Lipinski definition) is 3. The lowest BCUT2D eigenvalue weighted by atomic mass is 10.3. The summed E-state index contributed by atoms with van der Waals surface area (Å²) in [4.78, 5) is 8.76. The van der Waals surface area contributed by atoms with E-state index in [-0.39, 0.29) is 0 Å². The monoisotopic (exact) mass is 214 g/mol. The van der Waals surface area contributed by atoms with E-state index in [4.69, 9.17) is 11.6 Å². The maximum absolute atomic E-state index is 6.05. The second-order valence-electron chi connectivity index (χ2n) is 3.14. The second kappa shape index (κ2) is 3.84. The Morgan fingerprint density at radius 1 is 1.38 bits per heavy atom. The van der Waals surface area contributed by atoms with Crippen LogP contribution in [0.25, 0.3) is 0 Å². The fourth-order valence-electron chi connectivity index (χ4n) is 1.63. The highest BCUT2D eigenvalue weighted by Gasteiger charge is 2.17. The van der Waals surface area contributed by atoms with E-state index in [0.717, 1.165) is 24.4 Å². The van der Waals surface area contributed by atoms with Crippen LogP contribution >= 0.6 is 23.4 Å². The zero-order valence-electron chi connectivity index (χ0n) is 7.51. The Morgan fingerprint density at radius 2 is 2.23 bits per heavy atom. The summed E-state index contributed by atoms with van der Waals surface area (Å²) < 4.78 is 0. The molecule has 4 heteroatoms. The van der Waals surface area contributed by atoms with Crippen LogP contribution in [-0.4, -0.2) is 16.2 Å². The van der Waals surface area contributed by atoms with Crippen molar-refractivity contribution in [1.29, 1.82) is 0 Å². The quantitative estimate of drug-likeness (QED) is 0.708. The fourth-order valence-corrected chi connectivity index (χ4v) is 2.32. The van der Waals surface area contributed by atoms with Crippen LogP contribution in [0, 0.1) is 0 Å². The zero-order chi connectivity index (χ0) is 9.26. The molecule has 0 amide bonds. The average molecular weight is 215 g/mol. The first-order chi connectivity index (χ1) is 6.31. The van der Waals surface area contributed by atoms with Gasteiger partial charge in [0.2, 0.25) is 0 Å². The number of halogens is 1. The first-order valence-electron chi connectivity index (χ1n) is 4.34. The molecule has 0 spiro atoms. The summed E-state index contributed by atoms with van der Waals surface area (Å²) in [6.07, 6.45) is 5.34. The molecular formula is C9H11ClN2S. The van der Waals surface area contributed by atoms with Crippen molar-refractivity contribution in [3.8, 4) is 0 Å². The van der Waals surface area contributed by atoms with Crippen LogP contribution in [0.5, 0.6) is 0 Å². The van der Waals surface area contributed by atoms with Gasteiger partial charge in [-0.1, -0.05) is 11.6 Å². The van der Waals surface area contributed by atoms with E-state index in [1.807, 2.05) is 6.26 Å². The average Bonchev–Trinajstić information content (AvgIpc) is 2.53. The SMILES string of the molecule is CSCc1nc(Cl)c2c(n1)CCC2. The highest BCUT2D eigenvalue weighted by molar-refractivity contribution is 7.97. The van der Waals surface area contributed by atoms with Crippen LogP contribution in [0.1, 0.15) is 23.5 Å². The summed E-state index contributed by atoms with van der Waals surface area (Å²) in [5, 5.41) is 0.673. The summed E-state index contributed by atoms with van der Waals surface area (Å²) in [7, 11) is 0. The molecule has 0 fully saturated rings. The molecule has 0 radical (unpaired) electrons. The molecule has 0 aliphatic heterocycles. The van der Waals surface area contributed by atoms with Gasteiger partial charge in [-0.15, -0.1) is 0 Å². The van der Waals surface area contributed by atoms with Gasteiger partial charge in [-0.3, -0.25) is 0 Å². The van der Waals surface area contributed by atoms with Crippen molar-refractivity contribution in [2.24, 2.45) is 0 Å². The van der Waals surface area contributed by atoms with Crippen LogP contribution in [0.2, 0.25) is 5.15 Å². The molecular weight excluding hydrogens is 204 g/mol. The smallest absolute Gasteiger partial charge is 0.140 e. The molecule has 0 saturated heterocycles. The molecule has 1 aromatic rings. The summed E-state index contributed by atoms with van der Waals surface area (Å²) in [6.45, 7) is 0. The van der Waals surface area contributed by atoms with Crippen molar-refractivity contribution in [3.63, 3.8) is 0 Å². The Labute approximate surface area is 87.1 Å². The summed E-state index contributed by atoms with van der Waals surface area (Å²) >= 11 is 7.78. The molecule has 0 N–H and O–H groups in total. The van der Waals surface area contributed by atoms with E-state index >= 15 is 0 Å². The van der Waals surface area contributed by atoms with Gasteiger partial charge in [-0.2, -0.15) is 11.8 Å². The van der Waals surface area contributed by atoms with Crippen LogP contribution in [0.3, 0.4) is 0 Å². The van der Waals surface area contributed by atoms with Gasteiger partial charge in [0.05, 0.1) is 5.75 Å². The first-order valence-corrected chi connectivity index (χ1v) is 6.11. The topological polar surface area (TPSA) is 25.8 Å². The van der Waals surface area contributed by atoms with Crippen molar-refractivity contribution in [2.45, 2.75) is 25.0 Å². The number of aryl methyl sites for hydroxylation is 1. The number of rotatable bonds is 2. The highest BCUT2D eigenvalue weighted by Crippen LogP contribution is 2.26. The molecule has 13 heavy (non-hydrogen) atoms. The Morgan fingerprint density at radius 3 is 3.00 bits per heavy atom. The number of aromatic nitrogens is 2. The lowest BCUT2D eigenvalue weighted by molar-refractivity contribution is 0.893. The number of hydrogen-bond donors (Lipinski definition) is 0. The Balaban J connectivity index is 2.37. The van der Waals surface area contributed by atoms with E-state index in [1.165, 1.54) is 17.7 Å². The molecule has 0 aromatic carbocycles. The fraction of sp³-hybridized carbons (Fsp3) is 0.556. The first kappa shape index (κ1) is 9.28. The number of thioether (sulfide) groups is 1. The van der Waals surface area contributed by atoms with E-state index in [1.54, 1.807) is 11.8 Å². The molecule has 0 bridgehead atoms. The van der Waals surface area contributed by atoms with Gasteiger partial charge in [0.25, 0.3) is 0 Å². The van der Waals surface area contributed by atoms with Gasteiger partial charge < -0.3 is 0 Å². The second-order valence-corrected chi connectivity index (χ2v) is 4.37. The van der Waals surface area contributed by atoms with Crippen LogP contribution < -0.4 is 0 Å². The minimum absolute atomic E-state index is 0.673. The molecule has 0 saturated carbocycles. The minimum Gasteiger partial charge on any atom is -0.237 e. The van der Waals surface area contributed by atoms with Crippen molar-refractivity contribution in [2.75, 3.05) is 6.26 Å². The Kier molecular flexibility index (Phi) is 2.74. The van der Waals surface area contributed by atoms with Gasteiger partial charge in [0.1, 0.15) is 11.0 Å². The molecule has 0 unspecified atom stereocenters. The third-order valence-electron chi connectivity index (χ3n) is 2.20. The molecule has 1 heterocycles. The van der Waals surface area contributed by atoms with Crippen molar-refractivity contribution < 1.29 is 0 Å². The van der Waals surface area contributed by atoms with Crippen molar-refractivity contribution in [3.05, 3.63) is 22.2 Å². The maximum atomic E-state index is 6.05.